The van der Waals surface area contributed by atoms with Crippen molar-refractivity contribution in [3.05, 3.63) is 65.8 Å². The zero-order valence-electron chi connectivity index (χ0n) is 14.4. The molecule has 0 aliphatic carbocycles. The molecule has 0 aliphatic rings. The van der Waals surface area contributed by atoms with Crippen LogP contribution in [0.3, 0.4) is 0 Å². The molecule has 6 nitrogen and oxygen atoms in total. The number of nitrogens with two attached hydrogens (primary N) is 1. The van der Waals surface area contributed by atoms with E-state index in [4.69, 9.17) is 27.4 Å². The number of hydrogen-bond acceptors (Lipinski definition) is 7. The maximum Gasteiger partial charge on any atom is 0.284 e. The molecule has 0 fully saturated rings. The van der Waals surface area contributed by atoms with Crippen molar-refractivity contribution < 1.29 is 4.42 Å². The highest BCUT2D eigenvalue weighted by molar-refractivity contribution is 7.71. The molecule has 0 spiro atoms. The predicted molar refractivity (Wildman–Crippen MR) is 113 cm³/mol. The van der Waals surface area contributed by atoms with Gasteiger partial charge in [0.2, 0.25) is 0 Å². The van der Waals surface area contributed by atoms with Gasteiger partial charge in [-0.2, -0.15) is 0 Å². The van der Waals surface area contributed by atoms with Crippen LogP contribution in [0.15, 0.2) is 65.3 Å². The van der Waals surface area contributed by atoms with Gasteiger partial charge in [0.15, 0.2) is 0 Å². The number of pyridine rings is 2. The Morgan fingerprint density at radius 1 is 1.07 bits per heavy atom. The van der Waals surface area contributed by atoms with Gasteiger partial charge in [-0.05, 0) is 41.5 Å². The molecule has 5 aromatic rings. The first-order valence-electron chi connectivity index (χ1n) is 8.45. The smallest absolute Gasteiger partial charge is 0.284 e. The van der Waals surface area contributed by atoms with Gasteiger partial charge >= 0.3 is 0 Å². The van der Waals surface area contributed by atoms with Crippen LogP contribution in [-0.4, -0.2) is 20.2 Å². The monoisotopic (exact) mass is 403 g/mol. The van der Waals surface area contributed by atoms with E-state index in [9.17, 15) is 0 Å². The highest BCUT2D eigenvalue weighted by Gasteiger charge is 2.21. The summed E-state index contributed by atoms with van der Waals surface area (Å²) in [6.45, 7) is 0. The molecule has 0 radical (unpaired) electrons. The first kappa shape index (κ1) is 16.8. The van der Waals surface area contributed by atoms with E-state index in [-0.39, 0.29) is 4.84 Å². The fourth-order valence-electron chi connectivity index (χ4n) is 3.11. The van der Waals surface area contributed by atoms with Gasteiger partial charge in [0.25, 0.3) is 10.7 Å². The topological polar surface area (TPSA) is 93.6 Å². The van der Waals surface area contributed by atoms with E-state index in [2.05, 4.69) is 27.3 Å². The number of benzene rings is 1. The van der Waals surface area contributed by atoms with E-state index in [1.165, 1.54) is 11.3 Å². The van der Waals surface area contributed by atoms with Gasteiger partial charge in [0.05, 0.1) is 11.4 Å². The summed E-state index contributed by atoms with van der Waals surface area (Å²) in [5.74, 6) is 0.368. The van der Waals surface area contributed by atoms with Crippen LogP contribution in [0.25, 0.3) is 43.4 Å². The minimum atomic E-state index is 0.208. The number of nitrogen functional groups attached to an aromatic ring is 1. The number of nitrogens with one attached hydrogen (secondary N) is 1. The van der Waals surface area contributed by atoms with Gasteiger partial charge < -0.3 is 10.2 Å². The SMILES string of the molecule is Nc1c(-c2n[nH]c(=S)o2)sc2nc(-c3cccnc3)cc(-c3ccccc3)c12. The number of fused-ring (bicyclic) bond motifs is 1. The number of nitrogens with zero attached hydrogens (tertiary/aromatic N) is 3. The molecule has 3 N–H and O–H groups in total. The molecule has 136 valence electrons. The van der Waals surface area contributed by atoms with Gasteiger partial charge in [-0.3, -0.25) is 4.98 Å². The average molecular weight is 403 g/mol. The largest absolute Gasteiger partial charge is 0.408 e. The second-order valence-corrected chi connectivity index (χ2v) is 7.48. The molecule has 0 aliphatic heterocycles. The van der Waals surface area contributed by atoms with Crippen LogP contribution in [0.5, 0.6) is 0 Å². The highest BCUT2D eigenvalue weighted by atomic mass is 32.1. The van der Waals surface area contributed by atoms with E-state index in [0.717, 1.165) is 32.6 Å². The molecule has 5 rings (SSSR count). The van der Waals surface area contributed by atoms with E-state index in [1.54, 1.807) is 12.4 Å². The number of anilines is 1. The Morgan fingerprint density at radius 2 is 1.89 bits per heavy atom. The van der Waals surface area contributed by atoms with E-state index in [1.807, 2.05) is 36.4 Å². The Kier molecular flexibility index (Phi) is 4.00. The Hall–Kier alpha value is -3.36. The lowest BCUT2D eigenvalue weighted by atomic mass is 10.00. The molecule has 8 heteroatoms. The Labute approximate surface area is 168 Å². The molecule has 0 bridgehead atoms. The standard InChI is InChI=1S/C20H13N5OS2/c21-16-15-13(11-5-2-1-3-6-11)9-14(12-7-4-8-22-10-12)23-19(15)28-17(16)18-24-25-20(27)26-18/h1-10H,21H2,(H,25,27). The van der Waals surface area contributed by atoms with Crippen LogP contribution in [0.1, 0.15) is 0 Å². The lowest BCUT2D eigenvalue weighted by Gasteiger charge is -2.08. The minimum Gasteiger partial charge on any atom is -0.408 e. The van der Waals surface area contributed by atoms with Crippen LogP contribution < -0.4 is 5.73 Å². The summed E-state index contributed by atoms with van der Waals surface area (Å²) in [5, 5.41) is 7.64. The maximum atomic E-state index is 6.52. The molecule has 1 aromatic carbocycles. The maximum absolute atomic E-state index is 6.52. The van der Waals surface area contributed by atoms with Crippen LogP contribution in [-0.2, 0) is 0 Å². The van der Waals surface area contributed by atoms with Gasteiger partial charge in [-0.15, -0.1) is 16.4 Å². The summed E-state index contributed by atoms with van der Waals surface area (Å²) in [4.78, 5) is 10.8. The Balaban J connectivity index is 1.83. The van der Waals surface area contributed by atoms with Crippen molar-refractivity contribution in [1.29, 1.82) is 0 Å². The molecular weight excluding hydrogens is 390 g/mol. The normalized spacial score (nSPS) is 11.1. The van der Waals surface area contributed by atoms with E-state index in [0.29, 0.717) is 16.5 Å². The first-order valence-corrected chi connectivity index (χ1v) is 9.68. The van der Waals surface area contributed by atoms with Crippen molar-refractivity contribution in [2.75, 3.05) is 5.73 Å². The molecule has 0 unspecified atom stereocenters. The molecule has 0 atom stereocenters. The number of H-pyrrole nitrogens is 1. The lowest BCUT2D eigenvalue weighted by Crippen LogP contribution is -1.91. The molecule has 4 heterocycles. The van der Waals surface area contributed by atoms with Gasteiger partial charge in [-0.25, -0.2) is 10.1 Å². The molecule has 0 saturated carbocycles. The summed E-state index contributed by atoms with van der Waals surface area (Å²) in [7, 11) is 0. The first-order chi connectivity index (χ1) is 13.7. The van der Waals surface area contributed by atoms with Crippen molar-refractivity contribution >= 4 is 39.5 Å². The van der Waals surface area contributed by atoms with Crippen LogP contribution in [0.2, 0.25) is 0 Å². The van der Waals surface area contributed by atoms with Crippen molar-refractivity contribution in [3.63, 3.8) is 0 Å². The fraction of sp³-hybridized carbons (Fsp3) is 0. The summed E-state index contributed by atoms with van der Waals surface area (Å²) in [6, 6.07) is 16.0. The third-order valence-electron chi connectivity index (χ3n) is 4.37. The minimum absolute atomic E-state index is 0.208. The average Bonchev–Trinajstić information content (AvgIpc) is 3.32. The molecular formula is C20H13N5OS2. The van der Waals surface area contributed by atoms with Gasteiger partial charge in [-0.1, -0.05) is 30.3 Å². The molecule has 28 heavy (non-hydrogen) atoms. The Morgan fingerprint density at radius 3 is 2.61 bits per heavy atom. The quantitative estimate of drug-likeness (QED) is 0.396. The number of hydrogen-bond donors (Lipinski definition) is 2. The fourth-order valence-corrected chi connectivity index (χ4v) is 4.28. The summed E-state index contributed by atoms with van der Waals surface area (Å²) in [5.41, 5.74) is 10.9. The number of rotatable bonds is 3. The summed E-state index contributed by atoms with van der Waals surface area (Å²) < 4.78 is 5.48. The second kappa shape index (κ2) is 6.66. The van der Waals surface area contributed by atoms with E-state index >= 15 is 0 Å². The van der Waals surface area contributed by atoms with E-state index < -0.39 is 0 Å². The summed E-state index contributed by atoms with van der Waals surface area (Å²) >= 11 is 6.43. The second-order valence-electron chi connectivity index (χ2n) is 6.11. The van der Waals surface area contributed by atoms with Crippen molar-refractivity contribution in [2.45, 2.75) is 0 Å². The van der Waals surface area contributed by atoms with Crippen LogP contribution in [0, 0.1) is 4.84 Å². The zero-order chi connectivity index (χ0) is 19.1. The zero-order valence-corrected chi connectivity index (χ0v) is 16.1. The number of aromatic nitrogens is 4. The highest BCUT2D eigenvalue weighted by Crippen LogP contribution is 2.44. The Bertz CT molecular complexity index is 1340. The predicted octanol–water partition coefficient (Wildman–Crippen LogP) is 5.32. The van der Waals surface area contributed by atoms with Gasteiger partial charge in [0, 0.05) is 23.3 Å². The number of aromatic amines is 1. The molecule has 4 aromatic heterocycles. The molecule has 0 amide bonds. The van der Waals surface area contributed by atoms with Gasteiger partial charge in [0.1, 0.15) is 9.71 Å². The van der Waals surface area contributed by atoms with Crippen molar-refractivity contribution in [2.24, 2.45) is 0 Å². The van der Waals surface area contributed by atoms with Crippen molar-refractivity contribution in [3.8, 4) is 33.2 Å². The van der Waals surface area contributed by atoms with Crippen molar-refractivity contribution in [1.82, 2.24) is 20.2 Å². The van der Waals surface area contributed by atoms with Crippen LogP contribution in [0.4, 0.5) is 5.69 Å². The lowest BCUT2D eigenvalue weighted by molar-refractivity contribution is 0.553. The van der Waals surface area contributed by atoms with Crippen LogP contribution >= 0.6 is 23.6 Å². The summed E-state index contributed by atoms with van der Waals surface area (Å²) in [6.07, 6.45) is 3.54. The third kappa shape index (κ3) is 2.79. The number of thiophene rings is 1. The third-order valence-corrected chi connectivity index (χ3v) is 5.64. The molecule has 0 saturated heterocycles.